The number of hydrogen-bond donors (Lipinski definition) is 1. The van der Waals surface area contributed by atoms with E-state index >= 15 is 0 Å². The van der Waals surface area contributed by atoms with Gasteiger partial charge in [-0.05, 0) is 37.6 Å². The number of nitrogens with zero attached hydrogens (tertiary/aromatic N) is 2. The number of carbonyl (C=O) groups is 2. The second-order valence-corrected chi connectivity index (χ2v) is 7.18. The molecule has 126 valence electrons. The van der Waals surface area contributed by atoms with Crippen LogP contribution in [-0.4, -0.2) is 54.3 Å². The number of amides is 2. The predicted octanol–water partition coefficient (Wildman–Crippen LogP) is 1.75. The smallest absolute Gasteiger partial charge is 0.223 e. The molecular weight excluding hydrogens is 278 g/mol. The summed E-state index contributed by atoms with van der Waals surface area (Å²) in [6, 6.07) is 0.277. The van der Waals surface area contributed by atoms with Crippen LogP contribution in [0.5, 0.6) is 0 Å². The zero-order valence-electron chi connectivity index (χ0n) is 14.1. The Morgan fingerprint density at radius 1 is 1.18 bits per heavy atom. The van der Waals surface area contributed by atoms with Gasteiger partial charge in [-0.3, -0.25) is 9.59 Å². The summed E-state index contributed by atoms with van der Waals surface area (Å²) in [5, 5.41) is 0. The molecule has 2 aliphatic rings. The molecule has 0 unspecified atom stereocenters. The molecule has 1 saturated heterocycles. The van der Waals surface area contributed by atoms with Crippen molar-refractivity contribution in [2.45, 2.75) is 64.3 Å². The third kappa shape index (κ3) is 4.00. The number of rotatable bonds is 4. The Labute approximate surface area is 134 Å². The summed E-state index contributed by atoms with van der Waals surface area (Å²) >= 11 is 0. The van der Waals surface area contributed by atoms with Crippen molar-refractivity contribution in [3.05, 3.63) is 0 Å². The number of hydrogen-bond acceptors (Lipinski definition) is 3. The largest absolute Gasteiger partial charge is 0.343 e. The summed E-state index contributed by atoms with van der Waals surface area (Å²) in [4.78, 5) is 27.9. The van der Waals surface area contributed by atoms with Gasteiger partial charge in [0.25, 0.3) is 0 Å². The van der Waals surface area contributed by atoms with E-state index in [0.717, 1.165) is 38.8 Å². The van der Waals surface area contributed by atoms with E-state index in [2.05, 4.69) is 0 Å². The van der Waals surface area contributed by atoms with Gasteiger partial charge in [0.15, 0.2) is 0 Å². The molecule has 0 atom stereocenters. The van der Waals surface area contributed by atoms with Gasteiger partial charge in [0, 0.05) is 39.5 Å². The van der Waals surface area contributed by atoms with Gasteiger partial charge in [0.1, 0.15) is 0 Å². The summed E-state index contributed by atoms with van der Waals surface area (Å²) in [7, 11) is 1.86. The molecule has 1 saturated carbocycles. The molecule has 2 N–H and O–H groups in total. The molecule has 2 fully saturated rings. The minimum atomic E-state index is 0.0440. The summed E-state index contributed by atoms with van der Waals surface area (Å²) in [5.74, 6) is 0.366. The maximum absolute atomic E-state index is 12.6. The molecule has 0 radical (unpaired) electrons. The van der Waals surface area contributed by atoms with Crippen LogP contribution in [0.4, 0.5) is 0 Å². The first-order chi connectivity index (χ1) is 10.5. The maximum Gasteiger partial charge on any atom is 0.223 e. The lowest BCUT2D eigenvalue weighted by Gasteiger charge is -2.40. The van der Waals surface area contributed by atoms with Crippen molar-refractivity contribution in [3.63, 3.8) is 0 Å². The standard InChI is InChI=1S/C17H31N3O2/c1-14(21)19(2)15-6-10-20(11-7-15)16(22)12-17(13-18)8-4-3-5-9-17/h15H,3-13,18H2,1-2H3. The van der Waals surface area contributed by atoms with Gasteiger partial charge >= 0.3 is 0 Å². The lowest BCUT2D eigenvalue weighted by Crippen LogP contribution is -2.48. The second kappa shape index (κ2) is 7.44. The van der Waals surface area contributed by atoms with E-state index in [1.165, 1.54) is 19.3 Å². The summed E-state index contributed by atoms with van der Waals surface area (Å²) in [5.41, 5.74) is 6.04. The van der Waals surface area contributed by atoms with Crippen LogP contribution in [0.2, 0.25) is 0 Å². The van der Waals surface area contributed by atoms with Crippen LogP contribution in [0, 0.1) is 5.41 Å². The Morgan fingerprint density at radius 2 is 1.77 bits per heavy atom. The quantitative estimate of drug-likeness (QED) is 0.860. The van der Waals surface area contributed by atoms with Crippen molar-refractivity contribution in [1.82, 2.24) is 9.80 Å². The maximum atomic E-state index is 12.6. The van der Waals surface area contributed by atoms with Gasteiger partial charge in [0.05, 0.1) is 0 Å². The van der Waals surface area contributed by atoms with E-state index in [9.17, 15) is 9.59 Å². The minimum absolute atomic E-state index is 0.0440. The fourth-order valence-electron chi connectivity index (χ4n) is 3.95. The summed E-state index contributed by atoms with van der Waals surface area (Å²) < 4.78 is 0. The molecule has 1 aliphatic carbocycles. The van der Waals surface area contributed by atoms with Gasteiger partial charge in [-0.25, -0.2) is 0 Å². The van der Waals surface area contributed by atoms with Crippen LogP contribution in [0.15, 0.2) is 0 Å². The van der Waals surface area contributed by atoms with Gasteiger partial charge in [-0.15, -0.1) is 0 Å². The van der Waals surface area contributed by atoms with E-state index < -0.39 is 0 Å². The van der Waals surface area contributed by atoms with Crippen molar-refractivity contribution in [1.29, 1.82) is 0 Å². The van der Waals surface area contributed by atoms with E-state index in [0.29, 0.717) is 13.0 Å². The van der Waals surface area contributed by atoms with Crippen LogP contribution >= 0.6 is 0 Å². The lowest BCUT2D eigenvalue weighted by atomic mass is 9.71. The summed E-state index contributed by atoms with van der Waals surface area (Å²) in [6.07, 6.45) is 8.26. The van der Waals surface area contributed by atoms with Gasteiger partial charge in [-0.1, -0.05) is 19.3 Å². The number of nitrogens with two attached hydrogens (primary N) is 1. The highest BCUT2D eigenvalue weighted by Gasteiger charge is 2.35. The normalized spacial score (nSPS) is 22.4. The number of carbonyl (C=O) groups excluding carboxylic acids is 2. The first kappa shape index (κ1) is 17.3. The summed E-state index contributed by atoms with van der Waals surface area (Å²) in [6.45, 7) is 3.76. The van der Waals surface area contributed by atoms with Gasteiger partial charge in [-0.2, -0.15) is 0 Å². The highest BCUT2D eigenvalue weighted by Crippen LogP contribution is 2.39. The molecule has 5 heteroatoms. The van der Waals surface area contributed by atoms with E-state index in [-0.39, 0.29) is 23.3 Å². The number of likely N-dealkylation sites (tertiary alicyclic amines) is 1. The molecule has 2 rings (SSSR count). The third-order valence-electron chi connectivity index (χ3n) is 5.74. The molecule has 22 heavy (non-hydrogen) atoms. The van der Waals surface area contributed by atoms with Crippen molar-refractivity contribution in [2.24, 2.45) is 11.1 Å². The zero-order chi connectivity index (χ0) is 16.2. The molecule has 0 aromatic carbocycles. The van der Waals surface area contributed by atoms with Crippen molar-refractivity contribution >= 4 is 11.8 Å². The zero-order valence-corrected chi connectivity index (χ0v) is 14.1. The Morgan fingerprint density at radius 3 is 2.27 bits per heavy atom. The molecule has 2 amide bonds. The fourth-order valence-corrected chi connectivity index (χ4v) is 3.95. The first-order valence-electron chi connectivity index (χ1n) is 8.69. The van der Waals surface area contributed by atoms with E-state index in [4.69, 9.17) is 5.73 Å². The topological polar surface area (TPSA) is 66.6 Å². The van der Waals surface area contributed by atoms with E-state index in [1.54, 1.807) is 6.92 Å². The molecule has 1 heterocycles. The molecule has 0 spiro atoms. The SMILES string of the molecule is CC(=O)N(C)C1CCN(C(=O)CC2(CN)CCCCC2)CC1. The Kier molecular flexibility index (Phi) is 5.84. The molecule has 0 aromatic heterocycles. The Bertz CT molecular complexity index is 397. The van der Waals surface area contributed by atoms with Crippen LogP contribution in [0.3, 0.4) is 0 Å². The van der Waals surface area contributed by atoms with Crippen LogP contribution in [0.25, 0.3) is 0 Å². The second-order valence-electron chi connectivity index (χ2n) is 7.18. The molecule has 1 aliphatic heterocycles. The predicted molar refractivity (Wildman–Crippen MR) is 87.2 cm³/mol. The van der Waals surface area contributed by atoms with Crippen LogP contribution in [0.1, 0.15) is 58.3 Å². The average molecular weight is 309 g/mol. The molecule has 0 aromatic rings. The monoisotopic (exact) mass is 309 g/mol. The molecular formula is C17H31N3O2. The average Bonchev–Trinajstić information content (AvgIpc) is 2.55. The number of piperidine rings is 1. The van der Waals surface area contributed by atoms with Crippen molar-refractivity contribution in [2.75, 3.05) is 26.7 Å². The van der Waals surface area contributed by atoms with E-state index in [1.807, 2.05) is 16.8 Å². The highest BCUT2D eigenvalue weighted by atomic mass is 16.2. The lowest BCUT2D eigenvalue weighted by molar-refractivity contribution is -0.136. The molecule has 5 nitrogen and oxygen atoms in total. The fraction of sp³-hybridized carbons (Fsp3) is 0.882. The molecule has 0 bridgehead atoms. The van der Waals surface area contributed by atoms with Gasteiger partial charge in [0.2, 0.25) is 11.8 Å². The van der Waals surface area contributed by atoms with Crippen LogP contribution in [-0.2, 0) is 9.59 Å². The Hall–Kier alpha value is -1.10. The third-order valence-corrected chi connectivity index (χ3v) is 5.74. The first-order valence-corrected chi connectivity index (χ1v) is 8.69. The van der Waals surface area contributed by atoms with Gasteiger partial charge < -0.3 is 15.5 Å². The van der Waals surface area contributed by atoms with Crippen molar-refractivity contribution in [3.8, 4) is 0 Å². The van der Waals surface area contributed by atoms with Crippen LogP contribution < -0.4 is 5.73 Å². The highest BCUT2D eigenvalue weighted by molar-refractivity contribution is 5.77. The minimum Gasteiger partial charge on any atom is -0.343 e. The van der Waals surface area contributed by atoms with Crippen molar-refractivity contribution < 1.29 is 9.59 Å². The Balaban J connectivity index is 1.85.